The third-order valence-electron chi connectivity index (χ3n) is 5.72. The van der Waals surface area contributed by atoms with Gasteiger partial charge in [0.15, 0.2) is 0 Å². The molecule has 168 valence electrons. The molecule has 1 aliphatic heterocycles. The van der Waals surface area contributed by atoms with Crippen LogP contribution in [0.3, 0.4) is 0 Å². The van der Waals surface area contributed by atoms with Crippen molar-refractivity contribution in [1.29, 1.82) is 0 Å². The molecule has 3 heterocycles. The summed E-state index contributed by atoms with van der Waals surface area (Å²) < 4.78 is 28.9. The van der Waals surface area contributed by atoms with Crippen LogP contribution >= 0.6 is 22.9 Å². The van der Waals surface area contributed by atoms with Gasteiger partial charge in [-0.25, -0.2) is 8.42 Å². The van der Waals surface area contributed by atoms with Gasteiger partial charge < -0.3 is 4.90 Å². The van der Waals surface area contributed by atoms with Crippen LogP contribution in [0, 0.1) is 0 Å². The largest absolute Gasteiger partial charge is 0.336 e. The third kappa shape index (κ3) is 4.39. The van der Waals surface area contributed by atoms with Crippen LogP contribution in [0.25, 0.3) is 21.2 Å². The highest BCUT2D eigenvalue weighted by atomic mass is 35.5. The zero-order valence-corrected chi connectivity index (χ0v) is 19.9. The molecule has 0 saturated carbocycles. The van der Waals surface area contributed by atoms with Gasteiger partial charge in [-0.05, 0) is 65.0 Å². The predicted molar refractivity (Wildman–Crippen MR) is 131 cm³/mol. The summed E-state index contributed by atoms with van der Waals surface area (Å²) in [7, 11) is -3.62. The summed E-state index contributed by atoms with van der Waals surface area (Å²) in [4.78, 5) is 18.7. The van der Waals surface area contributed by atoms with Crippen molar-refractivity contribution in [2.45, 2.75) is 4.21 Å². The minimum atomic E-state index is -3.62. The summed E-state index contributed by atoms with van der Waals surface area (Å²) in [6, 6.07) is 18.3. The molecular weight excluding hydrogens is 478 g/mol. The molecule has 1 amide bonds. The number of sulfonamides is 1. The van der Waals surface area contributed by atoms with Crippen LogP contribution in [-0.4, -0.2) is 54.7 Å². The van der Waals surface area contributed by atoms with Crippen LogP contribution in [0.2, 0.25) is 5.02 Å². The number of carbonyl (C=O) groups excluding carboxylic acids is 1. The fraction of sp³-hybridized carbons (Fsp3) is 0.167. The van der Waals surface area contributed by atoms with E-state index in [-0.39, 0.29) is 19.0 Å². The number of carbonyl (C=O) groups is 1. The van der Waals surface area contributed by atoms with Gasteiger partial charge in [-0.1, -0.05) is 23.7 Å². The van der Waals surface area contributed by atoms with Gasteiger partial charge in [0.25, 0.3) is 15.9 Å². The second kappa shape index (κ2) is 8.87. The number of pyridine rings is 1. The molecule has 2 aromatic carbocycles. The molecule has 2 aromatic heterocycles. The Morgan fingerprint density at radius 3 is 2.24 bits per heavy atom. The Hall–Kier alpha value is -2.78. The zero-order valence-electron chi connectivity index (χ0n) is 17.5. The number of aromatic nitrogens is 1. The maximum Gasteiger partial charge on any atom is 0.253 e. The summed E-state index contributed by atoms with van der Waals surface area (Å²) in [6.07, 6.45) is 3.46. The fourth-order valence-corrected chi connectivity index (χ4v) is 7.04. The van der Waals surface area contributed by atoms with E-state index in [2.05, 4.69) is 4.98 Å². The van der Waals surface area contributed by atoms with Crippen LogP contribution in [0.15, 0.2) is 77.3 Å². The predicted octanol–water partition coefficient (Wildman–Crippen LogP) is 4.76. The maximum atomic E-state index is 13.2. The Labute approximate surface area is 201 Å². The second-order valence-electron chi connectivity index (χ2n) is 7.76. The number of rotatable bonds is 4. The lowest BCUT2D eigenvalue weighted by Gasteiger charge is -2.33. The highest BCUT2D eigenvalue weighted by molar-refractivity contribution is 7.91. The van der Waals surface area contributed by atoms with E-state index in [1.54, 1.807) is 35.5 Å². The quantitative estimate of drug-likeness (QED) is 0.407. The van der Waals surface area contributed by atoms with E-state index in [9.17, 15) is 13.2 Å². The summed E-state index contributed by atoms with van der Waals surface area (Å²) in [5, 5.41) is 1.39. The van der Waals surface area contributed by atoms with Crippen molar-refractivity contribution in [1.82, 2.24) is 14.2 Å². The average molecular weight is 498 g/mol. The molecule has 9 heteroatoms. The van der Waals surface area contributed by atoms with E-state index in [0.717, 1.165) is 21.2 Å². The molecule has 1 aliphatic rings. The number of nitrogens with zero attached hydrogens (tertiary/aromatic N) is 3. The van der Waals surface area contributed by atoms with Gasteiger partial charge in [0.05, 0.1) is 0 Å². The first-order valence-electron chi connectivity index (χ1n) is 10.4. The number of piperazine rings is 1. The Bertz CT molecular complexity index is 1410. The minimum Gasteiger partial charge on any atom is -0.336 e. The summed E-state index contributed by atoms with van der Waals surface area (Å²) in [5.74, 6) is -0.0927. The Balaban J connectivity index is 1.26. The van der Waals surface area contributed by atoms with Crippen LogP contribution in [0.1, 0.15) is 10.4 Å². The molecule has 6 nitrogen and oxygen atoms in total. The van der Waals surface area contributed by atoms with Crippen LogP contribution < -0.4 is 0 Å². The molecule has 0 radical (unpaired) electrons. The minimum absolute atomic E-state index is 0.0927. The van der Waals surface area contributed by atoms with Gasteiger partial charge in [-0.3, -0.25) is 9.78 Å². The van der Waals surface area contributed by atoms with Crippen molar-refractivity contribution in [3.05, 3.63) is 83.6 Å². The summed E-state index contributed by atoms with van der Waals surface area (Å²) >= 11 is 7.27. The van der Waals surface area contributed by atoms with E-state index in [0.29, 0.717) is 27.9 Å². The first-order chi connectivity index (χ1) is 15.9. The zero-order chi connectivity index (χ0) is 23.0. The van der Waals surface area contributed by atoms with Crippen molar-refractivity contribution in [3.63, 3.8) is 0 Å². The lowest BCUT2D eigenvalue weighted by molar-refractivity contribution is 0.0698. The van der Waals surface area contributed by atoms with E-state index < -0.39 is 10.0 Å². The molecule has 0 aliphatic carbocycles. The molecule has 0 atom stereocenters. The normalized spacial score (nSPS) is 15.1. The third-order valence-corrected chi connectivity index (χ3v) is 9.42. The van der Waals surface area contributed by atoms with Gasteiger partial charge in [0.2, 0.25) is 0 Å². The van der Waals surface area contributed by atoms with E-state index in [1.165, 1.54) is 15.6 Å². The van der Waals surface area contributed by atoms with Gasteiger partial charge in [0.1, 0.15) is 4.21 Å². The number of benzene rings is 2. The van der Waals surface area contributed by atoms with Crippen molar-refractivity contribution >= 4 is 49.0 Å². The topological polar surface area (TPSA) is 70.6 Å². The molecule has 1 fully saturated rings. The Morgan fingerprint density at radius 1 is 0.879 bits per heavy atom. The number of amides is 1. The van der Waals surface area contributed by atoms with Crippen molar-refractivity contribution in [3.8, 4) is 11.1 Å². The van der Waals surface area contributed by atoms with E-state index in [1.807, 2.05) is 42.5 Å². The number of fused-ring (bicyclic) bond motifs is 1. The van der Waals surface area contributed by atoms with Crippen LogP contribution in [0.5, 0.6) is 0 Å². The monoisotopic (exact) mass is 497 g/mol. The first kappa shape index (κ1) is 22.0. The highest BCUT2D eigenvalue weighted by Crippen LogP contribution is 2.33. The number of hydrogen-bond donors (Lipinski definition) is 0. The fourth-order valence-electron chi connectivity index (χ4n) is 3.91. The standard InChI is InChI=1S/C24H20ClN3O3S2/c25-21-5-6-22-20(15-21)16-23(32-22)33(30,31)28-13-11-27(12-14-28)24(29)19-3-1-17(2-4-19)18-7-9-26-10-8-18/h1-10,15-16H,11-14H2. The first-order valence-corrected chi connectivity index (χ1v) is 13.0. The van der Waals surface area contributed by atoms with Gasteiger partial charge in [-0.2, -0.15) is 4.31 Å². The Morgan fingerprint density at radius 2 is 1.55 bits per heavy atom. The highest BCUT2D eigenvalue weighted by Gasteiger charge is 2.31. The molecular formula is C24H20ClN3O3S2. The molecule has 4 aromatic rings. The number of halogens is 1. The number of hydrogen-bond acceptors (Lipinski definition) is 5. The van der Waals surface area contributed by atoms with E-state index >= 15 is 0 Å². The van der Waals surface area contributed by atoms with Gasteiger partial charge in [0, 0.05) is 53.9 Å². The van der Waals surface area contributed by atoms with Crippen molar-refractivity contribution in [2.75, 3.05) is 26.2 Å². The van der Waals surface area contributed by atoms with Gasteiger partial charge in [-0.15, -0.1) is 11.3 Å². The SMILES string of the molecule is O=C(c1ccc(-c2ccncc2)cc1)N1CCN(S(=O)(=O)c2cc3cc(Cl)ccc3s2)CC1. The Kier molecular flexibility index (Phi) is 5.92. The van der Waals surface area contributed by atoms with Crippen LogP contribution in [-0.2, 0) is 10.0 Å². The molecule has 33 heavy (non-hydrogen) atoms. The van der Waals surface area contributed by atoms with Gasteiger partial charge >= 0.3 is 0 Å². The molecule has 1 saturated heterocycles. The van der Waals surface area contributed by atoms with E-state index in [4.69, 9.17) is 11.6 Å². The summed E-state index contributed by atoms with van der Waals surface area (Å²) in [5.41, 5.74) is 2.63. The van der Waals surface area contributed by atoms with Crippen LogP contribution in [0.4, 0.5) is 0 Å². The molecule has 0 N–H and O–H groups in total. The maximum absolute atomic E-state index is 13.2. The molecule has 0 unspecified atom stereocenters. The average Bonchev–Trinajstić information content (AvgIpc) is 3.28. The molecule has 0 spiro atoms. The molecule has 5 rings (SSSR count). The number of thiophene rings is 1. The lowest BCUT2D eigenvalue weighted by Crippen LogP contribution is -2.50. The second-order valence-corrected chi connectivity index (χ2v) is 11.4. The van der Waals surface area contributed by atoms with Crippen molar-refractivity contribution in [2.24, 2.45) is 0 Å². The summed E-state index contributed by atoms with van der Waals surface area (Å²) in [6.45, 7) is 1.22. The lowest BCUT2D eigenvalue weighted by atomic mass is 10.0. The van der Waals surface area contributed by atoms with Crippen molar-refractivity contribution < 1.29 is 13.2 Å². The smallest absolute Gasteiger partial charge is 0.253 e. The molecule has 0 bridgehead atoms.